The van der Waals surface area contributed by atoms with Gasteiger partial charge in [-0.1, -0.05) is 12.1 Å². The van der Waals surface area contributed by atoms with E-state index in [1.807, 2.05) is 30.3 Å². The molecule has 44 heavy (non-hydrogen) atoms. The Morgan fingerprint density at radius 1 is 0.909 bits per heavy atom. The predicted molar refractivity (Wildman–Crippen MR) is 166 cm³/mol. The Labute approximate surface area is 259 Å². The number of fused-ring (bicyclic) bond motifs is 1. The summed E-state index contributed by atoms with van der Waals surface area (Å²) in [5, 5.41) is 11.2. The summed E-state index contributed by atoms with van der Waals surface area (Å²) >= 11 is 1.75. The van der Waals surface area contributed by atoms with E-state index in [0.717, 1.165) is 48.5 Å². The monoisotopic (exact) mass is 617 g/mol. The molecule has 0 saturated carbocycles. The van der Waals surface area contributed by atoms with E-state index in [-0.39, 0.29) is 13.0 Å². The predicted octanol–water partition coefficient (Wildman–Crippen LogP) is 5.68. The van der Waals surface area contributed by atoms with Crippen LogP contribution >= 0.6 is 11.3 Å². The number of carbonyl (C=O) groups is 2. The van der Waals surface area contributed by atoms with E-state index in [1.54, 1.807) is 25.6 Å². The highest BCUT2D eigenvalue weighted by atomic mass is 32.1. The fourth-order valence-corrected chi connectivity index (χ4v) is 6.97. The summed E-state index contributed by atoms with van der Waals surface area (Å²) in [6, 6.07) is 20.7. The molecule has 4 aromatic rings. The first-order chi connectivity index (χ1) is 21.3. The Morgan fingerprint density at radius 2 is 1.64 bits per heavy atom. The van der Waals surface area contributed by atoms with Crippen LogP contribution in [0.15, 0.2) is 60.7 Å². The molecule has 6 rings (SSSR count). The van der Waals surface area contributed by atoms with Crippen molar-refractivity contribution in [2.24, 2.45) is 0 Å². The van der Waals surface area contributed by atoms with E-state index in [0.29, 0.717) is 12.2 Å². The standard InChI is InChI=1S/C34H35NO8S/c1-39-26-12-13-30-27(20-26)28(18-22-6-7-24(29(19-22)40-2)21-35-15-3-4-16-35)31(44-30)23-8-10-25(11-9-23)41-17-5-14-34(38)42-32(36)33(37)43-34/h6-13,19-20,38H,3-5,14-18,21H2,1-2H3. The van der Waals surface area contributed by atoms with Crippen molar-refractivity contribution in [1.29, 1.82) is 0 Å². The maximum atomic E-state index is 11.2. The number of methoxy groups -OCH3 is 2. The zero-order valence-corrected chi connectivity index (χ0v) is 25.6. The number of nitrogens with zero attached hydrogens (tertiary/aromatic N) is 1. The van der Waals surface area contributed by atoms with E-state index in [4.69, 9.17) is 14.2 Å². The minimum Gasteiger partial charge on any atom is -0.497 e. The highest BCUT2D eigenvalue weighted by Crippen LogP contribution is 2.42. The highest BCUT2D eigenvalue weighted by Gasteiger charge is 2.46. The van der Waals surface area contributed by atoms with Crippen LogP contribution < -0.4 is 14.2 Å². The van der Waals surface area contributed by atoms with Gasteiger partial charge in [-0.05, 0) is 104 Å². The number of thiophene rings is 1. The van der Waals surface area contributed by atoms with Gasteiger partial charge in [0.05, 0.1) is 27.2 Å². The van der Waals surface area contributed by atoms with Gasteiger partial charge >= 0.3 is 17.9 Å². The van der Waals surface area contributed by atoms with E-state index < -0.39 is 17.9 Å². The molecule has 2 saturated heterocycles. The van der Waals surface area contributed by atoms with Crippen LogP contribution in [0.5, 0.6) is 17.2 Å². The second kappa shape index (κ2) is 12.9. The molecule has 0 spiro atoms. The third-order valence-corrected chi connectivity index (χ3v) is 9.28. The molecule has 1 aromatic heterocycles. The first-order valence-corrected chi connectivity index (χ1v) is 15.6. The molecule has 3 aromatic carbocycles. The van der Waals surface area contributed by atoms with Gasteiger partial charge in [0.15, 0.2) is 0 Å². The molecule has 2 aliphatic rings. The fraction of sp³-hybridized carbons (Fsp3) is 0.353. The molecule has 230 valence electrons. The number of carbonyl (C=O) groups excluding carboxylic acids is 2. The van der Waals surface area contributed by atoms with Gasteiger partial charge in [0.25, 0.3) is 0 Å². The van der Waals surface area contributed by atoms with Crippen LogP contribution in [0, 0.1) is 0 Å². The molecule has 0 radical (unpaired) electrons. The molecule has 0 aliphatic carbocycles. The van der Waals surface area contributed by atoms with Gasteiger partial charge in [0.2, 0.25) is 0 Å². The van der Waals surface area contributed by atoms with Crippen molar-refractivity contribution >= 4 is 33.4 Å². The molecule has 3 heterocycles. The molecular formula is C34H35NO8S. The van der Waals surface area contributed by atoms with Crippen LogP contribution in [0.1, 0.15) is 42.4 Å². The van der Waals surface area contributed by atoms with Gasteiger partial charge in [-0.15, -0.1) is 11.3 Å². The number of aliphatic hydroxyl groups is 1. The quantitative estimate of drug-likeness (QED) is 0.122. The Bertz CT molecular complexity index is 1640. The van der Waals surface area contributed by atoms with Crippen LogP contribution in [0.4, 0.5) is 0 Å². The van der Waals surface area contributed by atoms with Crippen molar-refractivity contribution in [2.75, 3.05) is 33.9 Å². The lowest BCUT2D eigenvalue weighted by Crippen LogP contribution is -2.30. The van der Waals surface area contributed by atoms with Crippen LogP contribution in [0.2, 0.25) is 0 Å². The van der Waals surface area contributed by atoms with Crippen LogP contribution in [-0.4, -0.2) is 61.8 Å². The van der Waals surface area contributed by atoms with Gasteiger partial charge in [0.1, 0.15) is 17.2 Å². The lowest BCUT2D eigenvalue weighted by Gasteiger charge is -2.18. The minimum absolute atomic E-state index is 0.0822. The SMILES string of the molecule is COc1ccc2sc(-c3ccc(OCCCC4(O)OC(=O)C(=O)O4)cc3)c(Cc3ccc(CN4CCCC4)c(OC)c3)c2c1. The van der Waals surface area contributed by atoms with Crippen molar-refractivity contribution in [2.45, 2.75) is 44.6 Å². The summed E-state index contributed by atoms with van der Waals surface area (Å²) in [4.78, 5) is 26.1. The minimum atomic E-state index is -2.22. The average molecular weight is 618 g/mol. The molecule has 2 aliphatic heterocycles. The average Bonchev–Trinajstić information content (AvgIpc) is 3.74. The Hall–Kier alpha value is -4.12. The Kier molecular flexibility index (Phi) is 8.74. The molecule has 2 fully saturated rings. The van der Waals surface area contributed by atoms with Crippen LogP contribution in [-0.2, 0) is 32.0 Å². The van der Waals surface area contributed by atoms with Crippen molar-refractivity contribution in [3.8, 4) is 27.7 Å². The molecule has 0 amide bonds. The van der Waals surface area contributed by atoms with E-state index in [1.165, 1.54) is 39.1 Å². The summed E-state index contributed by atoms with van der Waals surface area (Å²) in [7, 11) is 3.43. The number of rotatable bonds is 12. The second-order valence-electron chi connectivity index (χ2n) is 11.0. The van der Waals surface area contributed by atoms with E-state index >= 15 is 0 Å². The largest absolute Gasteiger partial charge is 0.497 e. The molecule has 9 nitrogen and oxygen atoms in total. The van der Waals surface area contributed by atoms with Gasteiger partial charge in [0, 0.05) is 27.1 Å². The van der Waals surface area contributed by atoms with Gasteiger partial charge < -0.3 is 28.8 Å². The van der Waals surface area contributed by atoms with Gasteiger partial charge in [-0.2, -0.15) is 0 Å². The molecule has 0 unspecified atom stereocenters. The van der Waals surface area contributed by atoms with Crippen molar-refractivity contribution in [1.82, 2.24) is 4.90 Å². The lowest BCUT2D eigenvalue weighted by atomic mass is 9.97. The maximum absolute atomic E-state index is 11.2. The summed E-state index contributed by atoms with van der Waals surface area (Å²) in [5.74, 6) is -2.22. The summed E-state index contributed by atoms with van der Waals surface area (Å²) in [6.45, 7) is 3.42. The summed E-state index contributed by atoms with van der Waals surface area (Å²) in [5.41, 5.74) is 4.69. The number of cyclic esters (lactones) is 2. The van der Waals surface area contributed by atoms with Crippen molar-refractivity contribution in [3.63, 3.8) is 0 Å². The number of esters is 2. The number of likely N-dealkylation sites (tertiary alicyclic amines) is 1. The molecule has 1 N–H and O–H groups in total. The molecule has 10 heteroatoms. The number of benzene rings is 3. The number of hydrogen-bond donors (Lipinski definition) is 1. The number of hydrogen-bond acceptors (Lipinski definition) is 10. The maximum Gasteiger partial charge on any atom is 0.422 e. The van der Waals surface area contributed by atoms with Crippen LogP contribution in [0.3, 0.4) is 0 Å². The van der Waals surface area contributed by atoms with Gasteiger partial charge in [-0.3, -0.25) is 4.90 Å². The zero-order valence-electron chi connectivity index (χ0n) is 24.8. The van der Waals surface area contributed by atoms with Gasteiger partial charge in [-0.25, -0.2) is 9.59 Å². The van der Waals surface area contributed by atoms with Crippen LogP contribution in [0.25, 0.3) is 20.5 Å². The van der Waals surface area contributed by atoms with E-state index in [9.17, 15) is 14.7 Å². The first kappa shape index (κ1) is 29.9. The molecule has 0 bridgehead atoms. The zero-order chi connectivity index (χ0) is 30.7. The summed E-state index contributed by atoms with van der Waals surface area (Å²) < 4.78 is 27.6. The smallest absolute Gasteiger partial charge is 0.422 e. The first-order valence-electron chi connectivity index (χ1n) is 14.7. The lowest BCUT2D eigenvalue weighted by molar-refractivity contribution is -0.295. The van der Waals surface area contributed by atoms with E-state index in [2.05, 4.69) is 44.7 Å². The Balaban J connectivity index is 1.20. The normalized spacial score (nSPS) is 16.2. The summed E-state index contributed by atoms with van der Waals surface area (Å²) in [6.07, 6.45) is 3.47. The third-order valence-electron chi connectivity index (χ3n) is 8.02. The molecule has 0 atom stereocenters. The van der Waals surface area contributed by atoms with Crippen molar-refractivity contribution in [3.05, 3.63) is 77.4 Å². The Morgan fingerprint density at radius 3 is 2.34 bits per heavy atom. The topological polar surface area (TPSA) is 104 Å². The second-order valence-corrected chi connectivity index (χ2v) is 12.1. The number of ether oxygens (including phenoxy) is 5. The molecular weight excluding hydrogens is 582 g/mol. The fourth-order valence-electron chi connectivity index (χ4n) is 5.76. The highest BCUT2D eigenvalue weighted by molar-refractivity contribution is 7.22. The van der Waals surface area contributed by atoms with Crippen molar-refractivity contribution < 1.29 is 38.4 Å². The third kappa shape index (κ3) is 6.52.